The summed E-state index contributed by atoms with van der Waals surface area (Å²) in [5.74, 6) is 0. The molecule has 0 spiro atoms. The van der Waals surface area contributed by atoms with E-state index in [9.17, 15) is 0 Å². The van der Waals surface area contributed by atoms with Crippen LogP contribution in [0.3, 0.4) is 0 Å². The van der Waals surface area contributed by atoms with Crippen LogP contribution >= 0.6 is 11.6 Å². The number of halogens is 1. The van der Waals surface area contributed by atoms with Crippen LogP contribution in [0.2, 0.25) is 5.02 Å². The molecule has 84 valence electrons. The second kappa shape index (κ2) is 4.28. The van der Waals surface area contributed by atoms with Crippen molar-refractivity contribution in [3.63, 3.8) is 0 Å². The molecule has 0 bridgehead atoms. The van der Waals surface area contributed by atoms with E-state index < -0.39 is 0 Å². The maximum absolute atomic E-state index is 5.86. The SMILES string of the molecule is Cc1c([C@@H](C)N)cnn1-c1ccc(Cl)cc1. The van der Waals surface area contributed by atoms with Crippen LogP contribution < -0.4 is 5.73 Å². The van der Waals surface area contributed by atoms with Crippen molar-refractivity contribution in [3.8, 4) is 5.69 Å². The van der Waals surface area contributed by atoms with Crippen LogP contribution in [-0.2, 0) is 0 Å². The highest BCUT2D eigenvalue weighted by atomic mass is 35.5. The fraction of sp³-hybridized carbons (Fsp3) is 0.250. The van der Waals surface area contributed by atoms with Crippen LogP contribution in [0.5, 0.6) is 0 Å². The summed E-state index contributed by atoms with van der Waals surface area (Å²) in [4.78, 5) is 0. The molecule has 0 radical (unpaired) electrons. The van der Waals surface area contributed by atoms with Crippen LogP contribution in [0.15, 0.2) is 30.5 Å². The Labute approximate surface area is 99.8 Å². The third kappa shape index (κ3) is 1.96. The smallest absolute Gasteiger partial charge is 0.0649 e. The molecule has 0 aliphatic carbocycles. The standard InChI is InChI=1S/C12H14ClN3/c1-8(14)12-7-15-16(9(12)2)11-5-3-10(13)4-6-11/h3-8H,14H2,1-2H3/t8-/m1/s1. The number of hydrogen-bond acceptors (Lipinski definition) is 2. The van der Waals surface area contributed by atoms with Gasteiger partial charge in [0.15, 0.2) is 0 Å². The van der Waals surface area contributed by atoms with Crippen molar-refractivity contribution in [3.05, 3.63) is 46.7 Å². The Kier molecular flexibility index (Phi) is 2.99. The predicted molar refractivity (Wildman–Crippen MR) is 65.9 cm³/mol. The van der Waals surface area contributed by atoms with Gasteiger partial charge in [-0.3, -0.25) is 0 Å². The summed E-state index contributed by atoms with van der Waals surface area (Å²) in [6.45, 7) is 3.97. The van der Waals surface area contributed by atoms with Gasteiger partial charge in [-0.05, 0) is 38.1 Å². The predicted octanol–water partition coefficient (Wildman–Crippen LogP) is 2.85. The fourth-order valence-electron chi connectivity index (χ4n) is 1.71. The number of rotatable bonds is 2. The molecule has 1 aromatic carbocycles. The Morgan fingerprint density at radius 2 is 1.94 bits per heavy atom. The molecule has 2 N–H and O–H groups in total. The van der Waals surface area contributed by atoms with Gasteiger partial charge in [-0.2, -0.15) is 5.10 Å². The number of hydrogen-bond donors (Lipinski definition) is 1. The van der Waals surface area contributed by atoms with E-state index in [1.165, 1.54) is 0 Å². The summed E-state index contributed by atoms with van der Waals surface area (Å²) in [7, 11) is 0. The molecule has 0 saturated carbocycles. The zero-order chi connectivity index (χ0) is 11.7. The van der Waals surface area contributed by atoms with Crippen molar-refractivity contribution in [2.24, 2.45) is 5.73 Å². The van der Waals surface area contributed by atoms with Crippen molar-refractivity contribution >= 4 is 11.6 Å². The normalized spacial score (nSPS) is 12.8. The average Bonchev–Trinajstić information content (AvgIpc) is 2.61. The molecule has 0 saturated heterocycles. The van der Waals surface area contributed by atoms with Gasteiger partial charge in [0.25, 0.3) is 0 Å². The number of nitrogens with two attached hydrogens (primary N) is 1. The van der Waals surface area contributed by atoms with Crippen LogP contribution in [-0.4, -0.2) is 9.78 Å². The molecule has 0 aliphatic rings. The molecule has 2 rings (SSSR count). The highest BCUT2D eigenvalue weighted by Crippen LogP contribution is 2.19. The molecule has 3 nitrogen and oxygen atoms in total. The lowest BCUT2D eigenvalue weighted by Gasteiger charge is -2.07. The van der Waals surface area contributed by atoms with Crippen LogP contribution in [0.25, 0.3) is 5.69 Å². The van der Waals surface area contributed by atoms with Crippen molar-refractivity contribution in [1.82, 2.24) is 9.78 Å². The lowest BCUT2D eigenvalue weighted by molar-refractivity contribution is 0.797. The zero-order valence-corrected chi connectivity index (χ0v) is 10.1. The Morgan fingerprint density at radius 3 is 2.44 bits per heavy atom. The van der Waals surface area contributed by atoms with Crippen molar-refractivity contribution < 1.29 is 0 Å². The highest BCUT2D eigenvalue weighted by molar-refractivity contribution is 6.30. The minimum atomic E-state index is 0.000972. The van der Waals surface area contributed by atoms with E-state index >= 15 is 0 Å². The molecule has 0 amide bonds. The van der Waals surface area contributed by atoms with Gasteiger partial charge in [-0.1, -0.05) is 11.6 Å². The van der Waals surface area contributed by atoms with E-state index in [2.05, 4.69) is 5.10 Å². The highest BCUT2D eigenvalue weighted by Gasteiger charge is 2.10. The number of aromatic nitrogens is 2. The third-order valence-electron chi connectivity index (χ3n) is 2.61. The van der Waals surface area contributed by atoms with Crippen molar-refractivity contribution in [2.75, 3.05) is 0 Å². The first-order chi connectivity index (χ1) is 7.59. The maximum atomic E-state index is 5.86. The van der Waals surface area contributed by atoms with E-state index in [0.29, 0.717) is 0 Å². The average molecular weight is 236 g/mol. The lowest BCUT2D eigenvalue weighted by Crippen LogP contribution is -2.06. The summed E-state index contributed by atoms with van der Waals surface area (Å²) >= 11 is 5.84. The molecule has 4 heteroatoms. The van der Waals surface area contributed by atoms with Gasteiger partial charge in [-0.25, -0.2) is 4.68 Å². The Hall–Kier alpha value is -1.32. The van der Waals surface area contributed by atoms with Gasteiger partial charge in [0.1, 0.15) is 0 Å². The minimum absolute atomic E-state index is 0.000972. The number of nitrogens with zero attached hydrogens (tertiary/aromatic N) is 2. The zero-order valence-electron chi connectivity index (χ0n) is 9.31. The first-order valence-electron chi connectivity index (χ1n) is 5.15. The first kappa shape index (κ1) is 11.2. The Morgan fingerprint density at radius 1 is 1.31 bits per heavy atom. The van der Waals surface area contributed by atoms with Gasteiger partial charge in [-0.15, -0.1) is 0 Å². The molecule has 2 aromatic rings. The summed E-state index contributed by atoms with van der Waals surface area (Å²) in [5.41, 5.74) is 8.98. The van der Waals surface area contributed by atoms with Crippen molar-refractivity contribution in [1.29, 1.82) is 0 Å². The van der Waals surface area contributed by atoms with Crippen LogP contribution in [0, 0.1) is 6.92 Å². The summed E-state index contributed by atoms with van der Waals surface area (Å²) < 4.78 is 1.87. The van der Waals surface area contributed by atoms with Gasteiger partial charge >= 0.3 is 0 Å². The second-order valence-corrected chi connectivity index (χ2v) is 4.30. The first-order valence-corrected chi connectivity index (χ1v) is 5.53. The van der Waals surface area contributed by atoms with E-state index in [0.717, 1.165) is 22.0 Å². The minimum Gasteiger partial charge on any atom is -0.324 e. The van der Waals surface area contributed by atoms with E-state index in [1.54, 1.807) is 0 Å². The van der Waals surface area contributed by atoms with Crippen molar-refractivity contribution in [2.45, 2.75) is 19.9 Å². The van der Waals surface area contributed by atoms with Crippen LogP contribution in [0.1, 0.15) is 24.2 Å². The molecule has 0 unspecified atom stereocenters. The molecular weight excluding hydrogens is 222 g/mol. The maximum Gasteiger partial charge on any atom is 0.0649 e. The molecular formula is C12H14ClN3. The molecule has 1 heterocycles. The largest absolute Gasteiger partial charge is 0.324 e. The van der Waals surface area contributed by atoms with E-state index in [-0.39, 0.29) is 6.04 Å². The lowest BCUT2D eigenvalue weighted by atomic mass is 10.1. The summed E-state index contributed by atoms with van der Waals surface area (Å²) in [6, 6.07) is 7.58. The number of benzene rings is 1. The van der Waals surface area contributed by atoms with E-state index in [1.807, 2.05) is 49.0 Å². The Bertz CT molecular complexity index is 485. The quantitative estimate of drug-likeness (QED) is 0.870. The summed E-state index contributed by atoms with van der Waals surface area (Å²) in [6.07, 6.45) is 1.81. The third-order valence-corrected chi connectivity index (χ3v) is 2.86. The molecule has 1 atom stereocenters. The molecule has 1 aromatic heterocycles. The van der Waals surface area contributed by atoms with Gasteiger partial charge < -0.3 is 5.73 Å². The second-order valence-electron chi connectivity index (χ2n) is 3.86. The van der Waals surface area contributed by atoms with E-state index in [4.69, 9.17) is 17.3 Å². The van der Waals surface area contributed by atoms with Gasteiger partial charge in [0.05, 0.1) is 11.9 Å². The summed E-state index contributed by atoms with van der Waals surface area (Å²) in [5, 5.41) is 5.05. The van der Waals surface area contributed by atoms with Crippen LogP contribution in [0.4, 0.5) is 0 Å². The van der Waals surface area contributed by atoms with Gasteiger partial charge in [0.2, 0.25) is 0 Å². The molecule has 0 aliphatic heterocycles. The fourth-order valence-corrected chi connectivity index (χ4v) is 1.84. The Balaban J connectivity index is 2.45. The molecule has 16 heavy (non-hydrogen) atoms. The molecule has 0 fully saturated rings. The topological polar surface area (TPSA) is 43.8 Å². The monoisotopic (exact) mass is 235 g/mol. The van der Waals surface area contributed by atoms with Gasteiger partial charge in [0, 0.05) is 22.3 Å².